The number of carboxylic acid groups (broad SMARTS) is 2. The van der Waals surface area contributed by atoms with Gasteiger partial charge in [-0.05, 0) is 184 Å². The highest BCUT2D eigenvalue weighted by molar-refractivity contribution is 7.29. The van der Waals surface area contributed by atoms with Gasteiger partial charge < -0.3 is 74.0 Å². The molecule has 8 heterocycles. The standard InChI is InChI=1S/C91H96N16O24S4/c1-9-34-104-82(120)48-18-22-52-72-53(23-19-49(70(48)72)83(104)121)87(125)106(86(52)124)36-14-11-12-16-56(78(116)98-44(5)74(112)96-42(3)76(114)100-46(7)90(128)129)102-68(110)40-92-66(108)38-94-80(118)64-32-30-62(134-64)60-28-26-58(132-60)59-27-29-61(133-59)63-31-33-65(135-63)81(119)95-39-67(109)93-41-69(111)103-57(79(117)99-45(6)75(113)97-43(4)77(115)101-47(8)91(130)131)17-13-15-37-107-88(126)54-24-20-50-71-51(21-25-55(73(54)71)89(107)127)85(123)105(35-10-2)84(50)122/h18-33,42-47,56-57H,9-17,34-41H2,1-8H3,(H,92,108)(H,93,109)(H,94,118)(H,95,119)(H,96,112)(H,97,113)(H,98,116)(H,99,117)(H,100,114)(H,101,115)(H,102,110)(H,103,111)(H,128,129)(H,130,131)/t42-,43-,44-,45-,46-,47-,56-,57-/m0/s1. The smallest absolute Gasteiger partial charge is 0.325 e. The molecule has 8 aromatic rings. The number of carboxylic acids is 2. The number of thiophene rings is 4. The van der Waals surface area contributed by atoms with Crippen molar-refractivity contribution in [3.63, 3.8) is 0 Å². The van der Waals surface area contributed by atoms with Crippen LogP contribution in [0.1, 0.15) is 215 Å². The summed E-state index contributed by atoms with van der Waals surface area (Å²) in [6.07, 6.45) is 1.64. The summed E-state index contributed by atoms with van der Waals surface area (Å²) in [6, 6.07) is 15.3. The molecule has 4 aliphatic heterocycles. The first-order chi connectivity index (χ1) is 64.3. The van der Waals surface area contributed by atoms with Crippen LogP contribution in [0, 0.1) is 0 Å². The van der Waals surface area contributed by atoms with E-state index in [0.29, 0.717) is 12.8 Å². The van der Waals surface area contributed by atoms with Gasteiger partial charge in [-0.2, -0.15) is 0 Å². The third kappa shape index (κ3) is 22.5. The van der Waals surface area contributed by atoms with Crippen LogP contribution < -0.4 is 63.8 Å². The van der Waals surface area contributed by atoms with Crippen molar-refractivity contribution >= 4 is 197 Å². The van der Waals surface area contributed by atoms with E-state index in [1.807, 2.05) is 38.1 Å². The van der Waals surface area contributed by atoms with Crippen LogP contribution in [0.3, 0.4) is 0 Å². The first-order valence-electron chi connectivity index (χ1n) is 43.3. The van der Waals surface area contributed by atoms with Gasteiger partial charge in [0.15, 0.2) is 0 Å². The monoisotopic (exact) mass is 1920 g/mol. The summed E-state index contributed by atoms with van der Waals surface area (Å²) in [5, 5.41) is 48.5. The Kier molecular flexibility index (Phi) is 31.9. The van der Waals surface area contributed by atoms with Gasteiger partial charge in [-0.3, -0.25) is 125 Å². The van der Waals surface area contributed by atoms with Gasteiger partial charge in [0.2, 0.25) is 59.1 Å². The predicted octanol–water partition coefficient (Wildman–Crippen LogP) is 4.43. The maximum Gasteiger partial charge on any atom is 0.325 e. The van der Waals surface area contributed by atoms with Gasteiger partial charge in [0, 0.05) is 121 Å². The van der Waals surface area contributed by atoms with Crippen molar-refractivity contribution in [1.82, 2.24) is 83.4 Å². The number of aliphatic carboxylic acids is 2. The minimum atomic E-state index is -1.41. The molecule has 4 aliphatic rings. The second kappa shape index (κ2) is 43.4. The highest BCUT2D eigenvalue weighted by Crippen LogP contribution is 2.45. The molecule has 14 N–H and O–H groups in total. The average Bonchev–Trinajstić information content (AvgIpc) is 1.37. The number of nitrogens with zero attached hydrogens (tertiary/aromatic N) is 4. The lowest BCUT2D eigenvalue weighted by Crippen LogP contribution is -2.56. The number of hydrogen-bond donors (Lipinski definition) is 14. The van der Waals surface area contributed by atoms with E-state index in [9.17, 15) is 116 Å². The molecule has 135 heavy (non-hydrogen) atoms. The molecule has 0 unspecified atom stereocenters. The maximum absolute atomic E-state index is 14.0. The third-order valence-electron chi connectivity index (χ3n) is 22.6. The molecule has 0 aliphatic carbocycles. The van der Waals surface area contributed by atoms with Crippen molar-refractivity contribution in [3.8, 4) is 29.3 Å². The fourth-order valence-corrected chi connectivity index (χ4v) is 19.5. The van der Waals surface area contributed by atoms with Gasteiger partial charge in [-0.1, -0.05) is 26.7 Å². The van der Waals surface area contributed by atoms with Crippen LogP contribution in [0.5, 0.6) is 0 Å². The lowest BCUT2D eigenvalue weighted by Gasteiger charge is -2.32. The zero-order valence-electron chi connectivity index (χ0n) is 74.2. The summed E-state index contributed by atoms with van der Waals surface area (Å²) >= 11 is 5.17. The molecule has 40 nitrogen and oxygen atoms in total. The summed E-state index contributed by atoms with van der Waals surface area (Å²) in [7, 11) is 0. The molecule has 8 atom stereocenters. The van der Waals surface area contributed by atoms with Gasteiger partial charge in [0.25, 0.3) is 59.1 Å². The number of carbonyl (C=O) groups is 22. The van der Waals surface area contributed by atoms with Gasteiger partial charge in [0.05, 0.1) is 35.9 Å². The first-order valence-corrected chi connectivity index (χ1v) is 46.6. The van der Waals surface area contributed by atoms with Gasteiger partial charge in [-0.15, -0.1) is 45.3 Å². The second-order valence-electron chi connectivity index (χ2n) is 32.4. The van der Waals surface area contributed by atoms with E-state index in [0.717, 1.165) is 71.5 Å². The maximum atomic E-state index is 14.0. The Morgan fingerprint density at radius 3 is 0.793 bits per heavy atom. The summed E-state index contributed by atoms with van der Waals surface area (Å²) in [4.78, 5) is 302. The number of nitrogens with one attached hydrogen (secondary N) is 12. The van der Waals surface area contributed by atoms with Crippen molar-refractivity contribution in [2.75, 3.05) is 52.4 Å². The number of amides is 20. The Bertz CT molecular complexity index is 6110. The molecule has 12 rings (SSSR count). The highest BCUT2D eigenvalue weighted by Gasteiger charge is 2.43. The third-order valence-corrected chi connectivity index (χ3v) is 27.5. The van der Waals surface area contributed by atoms with Crippen LogP contribution >= 0.6 is 45.3 Å². The molecule has 20 amide bonds. The van der Waals surface area contributed by atoms with Crippen molar-refractivity contribution in [2.45, 2.75) is 162 Å². The molecule has 0 radical (unpaired) electrons. The Balaban J connectivity index is 0.594. The van der Waals surface area contributed by atoms with Gasteiger partial charge in [-0.25, -0.2) is 0 Å². The number of benzene rings is 4. The SMILES string of the molecule is CCCN1C(=O)c2ccc3c4c(ccc(c24)C1=O)C(=O)N(CCCCC[C@H](NC(=O)CNC(=O)CNC(=O)c1ccc(-c2ccc(-c4ccc(-c5ccc(C(=O)NCC(=O)NCC(=O)N[C@@H](CCCCN6C(=O)c7ccc8c9c(ccc(c79)C6=O)C(=O)N(CCC)C8=O)C(=O)N[C@@H](C)C(=O)N[C@@H](C)C(=O)N[C@@H](C)C(=O)O)s5)s4)s2)s1)C(=O)N[C@@H](C)C(=O)N[C@@H](C)C(=O)N[C@@H](C)C(=O)O)C3=O. The Morgan fingerprint density at radius 1 is 0.274 bits per heavy atom. The van der Waals surface area contributed by atoms with Crippen molar-refractivity contribution in [1.29, 1.82) is 0 Å². The van der Waals surface area contributed by atoms with Crippen molar-refractivity contribution in [3.05, 3.63) is 151 Å². The van der Waals surface area contributed by atoms with Gasteiger partial charge >= 0.3 is 11.9 Å². The zero-order valence-corrected chi connectivity index (χ0v) is 77.4. The number of unbranched alkanes of at least 4 members (excludes halogenated alkanes) is 3. The van der Waals surface area contributed by atoms with E-state index >= 15 is 0 Å². The number of carbonyl (C=O) groups excluding carboxylic acids is 20. The van der Waals surface area contributed by atoms with E-state index in [2.05, 4.69) is 63.8 Å². The van der Waals surface area contributed by atoms with Gasteiger partial charge in [0.1, 0.15) is 48.3 Å². The quantitative estimate of drug-likeness (QED) is 0.0185. The Labute approximate surface area is 785 Å². The largest absolute Gasteiger partial charge is 0.480 e. The van der Waals surface area contributed by atoms with Crippen LogP contribution in [-0.4, -0.2) is 261 Å². The fourth-order valence-electron chi connectivity index (χ4n) is 15.4. The normalized spacial score (nSPS) is 14.9. The van der Waals surface area contributed by atoms with E-state index in [1.54, 1.807) is 24.3 Å². The minimum absolute atomic E-state index is 0.0707. The minimum Gasteiger partial charge on any atom is -0.480 e. The van der Waals surface area contributed by atoms with E-state index in [-0.39, 0.29) is 147 Å². The molecule has 0 saturated carbocycles. The van der Waals surface area contributed by atoms with Crippen LogP contribution in [-0.2, 0) is 57.5 Å². The summed E-state index contributed by atoms with van der Waals surface area (Å²) < 4.78 is 0. The summed E-state index contributed by atoms with van der Waals surface area (Å²) in [6.45, 7) is 8.81. The Morgan fingerprint density at radius 2 is 0.511 bits per heavy atom. The van der Waals surface area contributed by atoms with Crippen molar-refractivity contribution < 1.29 is 116 Å². The number of rotatable bonds is 44. The predicted molar refractivity (Wildman–Crippen MR) is 492 cm³/mol. The molecule has 0 spiro atoms. The topological polar surface area (TPSA) is 573 Å². The zero-order chi connectivity index (χ0) is 97.8. The van der Waals surface area contributed by atoms with Crippen LogP contribution in [0.25, 0.3) is 50.8 Å². The molecular weight excluding hydrogens is 1830 g/mol. The number of imide groups is 4. The average molecular weight is 1930 g/mol. The summed E-state index contributed by atoms with van der Waals surface area (Å²) in [5.41, 5.74) is 1.20. The number of hydrogen-bond acceptors (Lipinski definition) is 26. The van der Waals surface area contributed by atoms with Crippen LogP contribution in [0.2, 0.25) is 0 Å². The molecule has 0 bridgehead atoms. The van der Waals surface area contributed by atoms with Crippen LogP contribution in [0.15, 0.2) is 97.1 Å². The van der Waals surface area contributed by atoms with E-state index < -0.39 is 205 Å². The van der Waals surface area contributed by atoms with Crippen molar-refractivity contribution in [2.24, 2.45) is 0 Å². The lowest BCUT2D eigenvalue weighted by molar-refractivity contribution is -0.142. The van der Waals surface area contributed by atoms with Crippen LogP contribution in [0.4, 0.5) is 0 Å². The fraction of sp³-hybridized carbons (Fsp3) is 0.363. The molecule has 0 saturated heterocycles. The molecule has 4 aromatic heterocycles. The van der Waals surface area contributed by atoms with E-state index in [1.165, 1.54) is 113 Å². The molecular formula is C91H96N16O24S4. The molecule has 44 heteroatoms. The highest BCUT2D eigenvalue weighted by atomic mass is 32.1. The molecule has 708 valence electrons. The summed E-state index contributed by atoms with van der Waals surface area (Å²) in [5.74, 6) is -17.1. The first kappa shape index (κ1) is 99.4. The molecule has 4 aromatic carbocycles. The molecule has 0 fully saturated rings. The Hall–Kier alpha value is -14.7. The van der Waals surface area contributed by atoms with E-state index in [4.69, 9.17) is 0 Å². The second-order valence-corrected chi connectivity index (χ2v) is 36.7. The lowest BCUT2D eigenvalue weighted by atomic mass is 9.86.